The van der Waals surface area contributed by atoms with Crippen molar-refractivity contribution in [2.75, 3.05) is 26.0 Å². The fourth-order valence-electron chi connectivity index (χ4n) is 3.15. The SMILES string of the molecule is CCOC1CC(N)(C(=O)NCc2cccc(NC(=O)N(C)C)c2)C1(C)C.Cl. The molecule has 0 saturated heterocycles. The van der Waals surface area contributed by atoms with Gasteiger partial charge in [-0.25, -0.2) is 4.79 Å². The van der Waals surface area contributed by atoms with E-state index < -0.39 is 11.0 Å². The molecule has 1 aromatic carbocycles. The van der Waals surface area contributed by atoms with Crippen LogP contribution in [0, 0.1) is 5.41 Å². The van der Waals surface area contributed by atoms with Crippen molar-refractivity contribution in [2.45, 2.75) is 45.4 Å². The van der Waals surface area contributed by atoms with E-state index >= 15 is 0 Å². The maximum absolute atomic E-state index is 12.7. The highest BCUT2D eigenvalue weighted by Crippen LogP contribution is 2.49. The van der Waals surface area contributed by atoms with Crippen LogP contribution in [0.5, 0.6) is 0 Å². The van der Waals surface area contributed by atoms with E-state index in [-0.39, 0.29) is 30.4 Å². The molecule has 3 amide bonds. The van der Waals surface area contributed by atoms with Crippen molar-refractivity contribution < 1.29 is 14.3 Å². The van der Waals surface area contributed by atoms with Crippen LogP contribution in [0.25, 0.3) is 0 Å². The zero-order valence-corrected chi connectivity index (χ0v) is 17.5. The van der Waals surface area contributed by atoms with E-state index in [0.29, 0.717) is 25.3 Å². The molecule has 152 valence electrons. The molecule has 27 heavy (non-hydrogen) atoms. The van der Waals surface area contributed by atoms with Crippen LogP contribution in [-0.4, -0.2) is 49.2 Å². The van der Waals surface area contributed by atoms with Gasteiger partial charge >= 0.3 is 6.03 Å². The van der Waals surface area contributed by atoms with E-state index in [1.54, 1.807) is 20.2 Å². The first kappa shape index (κ1) is 23.2. The summed E-state index contributed by atoms with van der Waals surface area (Å²) in [5, 5.41) is 5.71. The van der Waals surface area contributed by atoms with E-state index in [9.17, 15) is 9.59 Å². The van der Waals surface area contributed by atoms with Crippen molar-refractivity contribution in [3.63, 3.8) is 0 Å². The number of carbonyl (C=O) groups excluding carboxylic acids is 2. The Hall–Kier alpha value is -1.83. The van der Waals surface area contributed by atoms with Gasteiger partial charge in [-0.1, -0.05) is 26.0 Å². The lowest BCUT2D eigenvalue weighted by Gasteiger charge is -2.57. The summed E-state index contributed by atoms with van der Waals surface area (Å²) in [4.78, 5) is 25.9. The van der Waals surface area contributed by atoms with Gasteiger partial charge in [-0.05, 0) is 24.6 Å². The molecule has 0 heterocycles. The predicted octanol–water partition coefficient (Wildman–Crippen LogP) is 2.35. The number of hydrogen-bond donors (Lipinski definition) is 3. The molecule has 2 rings (SSSR count). The number of hydrogen-bond acceptors (Lipinski definition) is 4. The van der Waals surface area contributed by atoms with Crippen molar-refractivity contribution in [1.82, 2.24) is 10.2 Å². The number of nitrogens with two attached hydrogens (primary N) is 1. The van der Waals surface area contributed by atoms with Crippen LogP contribution in [0.4, 0.5) is 10.5 Å². The van der Waals surface area contributed by atoms with Gasteiger partial charge in [-0.2, -0.15) is 0 Å². The Labute approximate surface area is 167 Å². The number of halogens is 1. The third-order valence-corrected chi connectivity index (χ3v) is 5.27. The number of nitrogens with zero attached hydrogens (tertiary/aromatic N) is 1. The molecular formula is C19H31ClN4O3. The highest BCUT2D eigenvalue weighted by Gasteiger charge is 2.62. The highest BCUT2D eigenvalue weighted by atomic mass is 35.5. The summed E-state index contributed by atoms with van der Waals surface area (Å²) in [5.41, 5.74) is 6.59. The molecular weight excluding hydrogens is 368 g/mol. The summed E-state index contributed by atoms with van der Waals surface area (Å²) in [6.45, 7) is 6.83. The summed E-state index contributed by atoms with van der Waals surface area (Å²) in [5.74, 6) is -0.179. The monoisotopic (exact) mass is 398 g/mol. The van der Waals surface area contributed by atoms with Crippen LogP contribution in [0.1, 0.15) is 32.8 Å². The summed E-state index contributed by atoms with van der Waals surface area (Å²) in [7, 11) is 3.35. The molecule has 0 spiro atoms. The largest absolute Gasteiger partial charge is 0.378 e. The summed E-state index contributed by atoms with van der Waals surface area (Å²) in [6, 6.07) is 7.16. The number of ether oxygens (including phenoxy) is 1. The first-order valence-electron chi connectivity index (χ1n) is 8.88. The van der Waals surface area contributed by atoms with Crippen LogP contribution in [0.2, 0.25) is 0 Å². The molecule has 0 aliphatic heterocycles. The fourth-order valence-corrected chi connectivity index (χ4v) is 3.15. The maximum atomic E-state index is 12.7. The molecule has 1 fully saturated rings. The molecule has 4 N–H and O–H groups in total. The molecule has 8 heteroatoms. The molecule has 7 nitrogen and oxygen atoms in total. The lowest BCUT2D eigenvalue weighted by molar-refractivity contribution is -0.170. The fraction of sp³-hybridized carbons (Fsp3) is 0.579. The average Bonchev–Trinajstić information content (AvgIpc) is 2.59. The maximum Gasteiger partial charge on any atom is 0.321 e. The minimum Gasteiger partial charge on any atom is -0.378 e. The topological polar surface area (TPSA) is 96.7 Å². The number of carbonyl (C=O) groups is 2. The zero-order chi connectivity index (χ0) is 19.5. The molecule has 2 atom stereocenters. The smallest absolute Gasteiger partial charge is 0.321 e. The number of amides is 3. The third-order valence-electron chi connectivity index (χ3n) is 5.27. The zero-order valence-electron chi connectivity index (χ0n) is 16.7. The molecule has 0 bridgehead atoms. The Morgan fingerprint density at radius 3 is 2.56 bits per heavy atom. The first-order chi connectivity index (χ1) is 12.1. The summed E-state index contributed by atoms with van der Waals surface area (Å²) >= 11 is 0. The minimum atomic E-state index is -0.941. The average molecular weight is 399 g/mol. The Bertz CT molecular complexity index is 681. The van der Waals surface area contributed by atoms with Gasteiger partial charge in [0.25, 0.3) is 0 Å². The highest BCUT2D eigenvalue weighted by molar-refractivity contribution is 5.89. The Balaban J connectivity index is 0.00000364. The van der Waals surface area contributed by atoms with Gasteiger partial charge in [0.1, 0.15) is 5.54 Å². The van der Waals surface area contributed by atoms with Crippen LogP contribution < -0.4 is 16.4 Å². The van der Waals surface area contributed by atoms with Crippen LogP contribution in [0.15, 0.2) is 24.3 Å². The van der Waals surface area contributed by atoms with Gasteiger partial charge in [-0.15, -0.1) is 12.4 Å². The molecule has 1 saturated carbocycles. The van der Waals surface area contributed by atoms with Crippen LogP contribution in [0.3, 0.4) is 0 Å². The molecule has 2 unspecified atom stereocenters. The summed E-state index contributed by atoms with van der Waals surface area (Å²) in [6.07, 6.45) is 0.506. The van der Waals surface area contributed by atoms with Crippen molar-refractivity contribution in [1.29, 1.82) is 0 Å². The number of rotatable bonds is 6. The van der Waals surface area contributed by atoms with Gasteiger partial charge < -0.3 is 26.0 Å². The quantitative estimate of drug-likeness (QED) is 0.685. The van der Waals surface area contributed by atoms with Crippen molar-refractivity contribution in [2.24, 2.45) is 11.1 Å². The molecule has 1 aliphatic rings. The lowest BCUT2D eigenvalue weighted by atomic mass is 9.54. The number of nitrogens with one attached hydrogen (secondary N) is 2. The Morgan fingerprint density at radius 2 is 2.00 bits per heavy atom. The standard InChI is InChI=1S/C19H30N4O3.ClH/c1-6-26-15-11-19(20,18(15,2)3)16(24)21-12-13-8-7-9-14(10-13)22-17(25)23(4)5;/h7-10,15H,6,11-12,20H2,1-5H3,(H,21,24)(H,22,25);1H. The first-order valence-corrected chi connectivity index (χ1v) is 8.88. The van der Waals surface area contributed by atoms with E-state index in [2.05, 4.69) is 10.6 Å². The van der Waals surface area contributed by atoms with Gasteiger partial charge in [0.15, 0.2) is 0 Å². The second-order valence-corrected chi connectivity index (χ2v) is 7.55. The van der Waals surface area contributed by atoms with Gasteiger partial charge in [0.2, 0.25) is 5.91 Å². The van der Waals surface area contributed by atoms with Crippen molar-refractivity contribution in [3.8, 4) is 0 Å². The molecule has 0 aromatic heterocycles. The van der Waals surface area contributed by atoms with Gasteiger partial charge in [0, 0.05) is 44.8 Å². The van der Waals surface area contributed by atoms with E-state index in [1.165, 1.54) is 4.90 Å². The summed E-state index contributed by atoms with van der Waals surface area (Å²) < 4.78 is 5.67. The number of urea groups is 1. The second kappa shape index (κ2) is 8.91. The van der Waals surface area contributed by atoms with Crippen molar-refractivity contribution >= 4 is 30.0 Å². The second-order valence-electron chi connectivity index (χ2n) is 7.55. The lowest BCUT2D eigenvalue weighted by Crippen LogP contribution is -2.75. The normalized spacial score (nSPS) is 22.8. The van der Waals surface area contributed by atoms with Crippen LogP contribution >= 0.6 is 12.4 Å². The molecule has 1 aliphatic carbocycles. The van der Waals surface area contributed by atoms with Gasteiger partial charge in [-0.3, -0.25) is 4.79 Å². The minimum absolute atomic E-state index is 0. The Morgan fingerprint density at radius 1 is 1.33 bits per heavy atom. The van der Waals surface area contributed by atoms with Crippen molar-refractivity contribution in [3.05, 3.63) is 29.8 Å². The number of benzene rings is 1. The molecule has 1 aromatic rings. The third kappa shape index (κ3) is 4.72. The van der Waals surface area contributed by atoms with E-state index in [0.717, 1.165) is 5.56 Å². The molecule has 0 radical (unpaired) electrons. The van der Waals surface area contributed by atoms with Crippen LogP contribution in [-0.2, 0) is 16.1 Å². The Kier molecular flexibility index (Phi) is 7.66. The van der Waals surface area contributed by atoms with E-state index in [1.807, 2.05) is 39.0 Å². The number of anilines is 1. The predicted molar refractivity (Wildman–Crippen MR) is 109 cm³/mol. The van der Waals surface area contributed by atoms with Gasteiger partial charge in [0.05, 0.1) is 6.10 Å². The van der Waals surface area contributed by atoms with E-state index in [4.69, 9.17) is 10.5 Å².